The second-order valence-corrected chi connectivity index (χ2v) is 5.15. The van der Waals surface area contributed by atoms with E-state index in [4.69, 9.17) is 0 Å². The Kier molecular flexibility index (Phi) is 5.65. The summed E-state index contributed by atoms with van der Waals surface area (Å²) < 4.78 is 0. The van der Waals surface area contributed by atoms with Crippen molar-refractivity contribution < 1.29 is 4.79 Å². The minimum atomic E-state index is 0.193. The Bertz CT molecular complexity index is 276. The molecule has 98 valence electrons. The lowest BCUT2D eigenvalue weighted by molar-refractivity contribution is -0.129. The van der Waals surface area contributed by atoms with Crippen molar-refractivity contribution in [3.8, 4) is 0 Å². The standard InChI is InChI=1S/C13H25N3O/c1-12(2)10-15-6-5-7-16(9-8-15)11-13(17)14(3)4/h1,5-11H2,2-4H3. The predicted molar refractivity (Wildman–Crippen MR) is 71.0 cm³/mol. The maximum absolute atomic E-state index is 11.6. The molecule has 0 aliphatic carbocycles. The molecular weight excluding hydrogens is 214 g/mol. The highest BCUT2D eigenvalue weighted by Crippen LogP contribution is 2.05. The molecule has 17 heavy (non-hydrogen) atoms. The first-order valence-electron chi connectivity index (χ1n) is 6.28. The normalized spacial score (nSPS) is 18.8. The van der Waals surface area contributed by atoms with E-state index in [1.807, 2.05) is 14.1 Å². The second kappa shape index (κ2) is 6.77. The molecule has 1 aliphatic rings. The Morgan fingerprint density at radius 2 is 1.65 bits per heavy atom. The summed E-state index contributed by atoms with van der Waals surface area (Å²) in [4.78, 5) is 18.0. The summed E-state index contributed by atoms with van der Waals surface area (Å²) in [5.41, 5.74) is 1.21. The van der Waals surface area contributed by atoms with Crippen molar-refractivity contribution in [2.45, 2.75) is 13.3 Å². The van der Waals surface area contributed by atoms with Gasteiger partial charge in [0.05, 0.1) is 6.54 Å². The molecule has 0 aromatic heterocycles. The van der Waals surface area contributed by atoms with Crippen LogP contribution in [0.15, 0.2) is 12.2 Å². The van der Waals surface area contributed by atoms with E-state index in [9.17, 15) is 4.79 Å². The maximum Gasteiger partial charge on any atom is 0.236 e. The zero-order valence-corrected chi connectivity index (χ0v) is 11.4. The third-order valence-corrected chi connectivity index (χ3v) is 3.03. The molecule has 4 heteroatoms. The fourth-order valence-corrected chi connectivity index (χ4v) is 2.06. The fraction of sp³-hybridized carbons (Fsp3) is 0.769. The van der Waals surface area contributed by atoms with Gasteiger partial charge in [-0.2, -0.15) is 0 Å². The van der Waals surface area contributed by atoms with E-state index in [1.54, 1.807) is 4.90 Å². The average molecular weight is 239 g/mol. The summed E-state index contributed by atoms with van der Waals surface area (Å²) >= 11 is 0. The van der Waals surface area contributed by atoms with Crippen LogP contribution in [0.25, 0.3) is 0 Å². The van der Waals surface area contributed by atoms with Crippen molar-refractivity contribution in [1.82, 2.24) is 14.7 Å². The van der Waals surface area contributed by atoms with E-state index in [2.05, 4.69) is 23.3 Å². The SMILES string of the molecule is C=C(C)CN1CCCN(CC(=O)N(C)C)CC1. The van der Waals surface area contributed by atoms with Gasteiger partial charge in [0.2, 0.25) is 5.91 Å². The molecule has 0 aromatic rings. The van der Waals surface area contributed by atoms with Crippen molar-refractivity contribution in [2.75, 3.05) is 53.4 Å². The molecule has 0 aromatic carbocycles. The molecule has 1 aliphatic heterocycles. The quantitative estimate of drug-likeness (QED) is 0.674. The summed E-state index contributed by atoms with van der Waals surface area (Å²) in [7, 11) is 3.63. The smallest absolute Gasteiger partial charge is 0.236 e. The van der Waals surface area contributed by atoms with E-state index >= 15 is 0 Å². The first-order valence-corrected chi connectivity index (χ1v) is 6.28. The van der Waals surface area contributed by atoms with Crippen LogP contribution in [0.4, 0.5) is 0 Å². The average Bonchev–Trinajstić information content (AvgIpc) is 2.43. The molecule has 1 fully saturated rings. The second-order valence-electron chi connectivity index (χ2n) is 5.15. The molecule has 4 nitrogen and oxygen atoms in total. The van der Waals surface area contributed by atoms with Gasteiger partial charge in [-0.05, 0) is 26.4 Å². The van der Waals surface area contributed by atoms with Crippen molar-refractivity contribution in [3.05, 3.63) is 12.2 Å². The molecule has 0 atom stereocenters. The lowest BCUT2D eigenvalue weighted by atomic mass is 10.3. The zero-order valence-electron chi connectivity index (χ0n) is 11.4. The number of likely N-dealkylation sites (N-methyl/N-ethyl adjacent to an activating group) is 1. The van der Waals surface area contributed by atoms with Crippen LogP contribution in [0.3, 0.4) is 0 Å². The van der Waals surface area contributed by atoms with Gasteiger partial charge in [-0.15, -0.1) is 0 Å². The Labute approximate surface area is 105 Å². The number of nitrogens with zero attached hydrogens (tertiary/aromatic N) is 3. The van der Waals surface area contributed by atoms with Gasteiger partial charge in [0, 0.05) is 33.7 Å². The van der Waals surface area contributed by atoms with Gasteiger partial charge in [-0.1, -0.05) is 12.2 Å². The first-order chi connectivity index (χ1) is 7.99. The third kappa shape index (κ3) is 5.33. The van der Waals surface area contributed by atoms with Gasteiger partial charge in [-0.25, -0.2) is 0 Å². The lowest BCUT2D eigenvalue weighted by Gasteiger charge is -2.22. The van der Waals surface area contributed by atoms with Crippen LogP contribution in [0.1, 0.15) is 13.3 Å². The summed E-state index contributed by atoms with van der Waals surface area (Å²) in [6, 6.07) is 0. The van der Waals surface area contributed by atoms with Crippen molar-refractivity contribution in [1.29, 1.82) is 0 Å². The Balaban J connectivity index is 2.37. The van der Waals surface area contributed by atoms with Crippen molar-refractivity contribution >= 4 is 5.91 Å². The molecule has 0 radical (unpaired) electrons. The van der Waals surface area contributed by atoms with Gasteiger partial charge in [0.25, 0.3) is 0 Å². The summed E-state index contributed by atoms with van der Waals surface area (Å²) in [5, 5.41) is 0. The van der Waals surface area contributed by atoms with Crippen LogP contribution in [0.2, 0.25) is 0 Å². The van der Waals surface area contributed by atoms with Crippen LogP contribution in [-0.4, -0.2) is 74.0 Å². The van der Waals surface area contributed by atoms with Crippen molar-refractivity contribution in [2.24, 2.45) is 0 Å². The van der Waals surface area contributed by atoms with E-state index in [-0.39, 0.29) is 5.91 Å². The zero-order chi connectivity index (χ0) is 12.8. The highest BCUT2D eigenvalue weighted by Gasteiger charge is 2.17. The minimum Gasteiger partial charge on any atom is -0.348 e. The van der Waals surface area contributed by atoms with Crippen LogP contribution in [-0.2, 0) is 4.79 Å². The van der Waals surface area contributed by atoms with Crippen LogP contribution >= 0.6 is 0 Å². The van der Waals surface area contributed by atoms with Crippen LogP contribution < -0.4 is 0 Å². The maximum atomic E-state index is 11.6. The number of amides is 1. The number of carbonyl (C=O) groups is 1. The predicted octanol–water partition coefficient (Wildman–Crippen LogP) is 0.658. The Morgan fingerprint density at radius 3 is 2.12 bits per heavy atom. The van der Waals surface area contributed by atoms with Crippen LogP contribution in [0.5, 0.6) is 0 Å². The number of rotatable bonds is 4. The Morgan fingerprint density at radius 1 is 1.12 bits per heavy atom. The minimum absolute atomic E-state index is 0.193. The van der Waals surface area contributed by atoms with E-state index < -0.39 is 0 Å². The van der Waals surface area contributed by atoms with Gasteiger partial charge < -0.3 is 4.90 Å². The molecule has 1 rings (SSSR count). The molecule has 0 saturated carbocycles. The topological polar surface area (TPSA) is 26.8 Å². The molecule has 1 amide bonds. The van der Waals surface area contributed by atoms with Gasteiger partial charge in [0.15, 0.2) is 0 Å². The molecule has 1 heterocycles. The van der Waals surface area contributed by atoms with Gasteiger partial charge in [-0.3, -0.25) is 14.6 Å². The summed E-state index contributed by atoms with van der Waals surface area (Å²) in [6.07, 6.45) is 1.13. The monoisotopic (exact) mass is 239 g/mol. The molecular formula is C13H25N3O. The van der Waals surface area contributed by atoms with Crippen molar-refractivity contribution in [3.63, 3.8) is 0 Å². The highest BCUT2D eigenvalue weighted by atomic mass is 16.2. The van der Waals surface area contributed by atoms with Gasteiger partial charge >= 0.3 is 0 Å². The molecule has 0 N–H and O–H groups in total. The fourth-order valence-electron chi connectivity index (χ4n) is 2.06. The molecule has 0 spiro atoms. The van der Waals surface area contributed by atoms with Crippen LogP contribution in [0, 0.1) is 0 Å². The molecule has 0 unspecified atom stereocenters. The number of hydrogen-bond acceptors (Lipinski definition) is 3. The summed E-state index contributed by atoms with van der Waals surface area (Å²) in [5.74, 6) is 0.193. The molecule has 0 bridgehead atoms. The van der Waals surface area contributed by atoms with E-state index in [1.165, 1.54) is 5.57 Å². The van der Waals surface area contributed by atoms with E-state index in [0.29, 0.717) is 6.54 Å². The third-order valence-electron chi connectivity index (χ3n) is 3.03. The summed E-state index contributed by atoms with van der Waals surface area (Å²) in [6.45, 7) is 11.7. The lowest BCUT2D eigenvalue weighted by Crippen LogP contribution is -2.38. The number of hydrogen-bond donors (Lipinski definition) is 0. The number of carbonyl (C=O) groups excluding carboxylic acids is 1. The van der Waals surface area contributed by atoms with Gasteiger partial charge in [0.1, 0.15) is 0 Å². The molecule has 1 saturated heterocycles. The first kappa shape index (κ1) is 14.2. The highest BCUT2D eigenvalue weighted by molar-refractivity contribution is 5.77. The van der Waals surface area contributed by atoms with E-state index in [0.717, 1.165) is 39.1 Å². The Hall–Kier alpha value is -0.870. The largest absolute Gasteiger partial charge is 0.348 e.